The fraction of sp³-hybridized carbons (Fsp3) is 0.778. The summed E-state index contributed by atoms with van der Waals surface area (Å²) in [6.07, 6.45) is -1.27. The lowest BCUT2D eigenvalue weighted by molar-refractivity contribution is -0.354. The van der Waals surface area contributed by atoms with E-state index in [4.69, 9.17) is 20.4 Å². The van der Waals surface area contributed by atoms with Crippen LogP contribution in [0.15, 0.2) is 0 Å². The first kappa shape index (κ1) is 14.8. The van der Waals surface area contributed by atoms with Crippen molar-refractivity contribution in [2.45, 2.75) is 44.7 Å². The van der Waals surface area contributed by atoms with Crippen molar-refractivity contribution in [3.05, 3.63) is 0 Å². The molecule has 0 spiro atoms. The van der Waals surface area contributed by atoms with Crippen molar-refractivity contribution in [2.24, 2.45) is 0 Å². The number of aliphatic hydroxyl groups is 3. The summed E-state index contributed by atoms with van der Waals surface area (Å²) in [5.74, 6) is -4.77. The Morgan fingerprint density at radius 3 is 2.19 bits per heavy atom. The zero-order valence-corrected chi connectivity index (χ0v) is 8.92. The number of carboxylic acids is 1. The number of carbonyl (C=O) groups excluding carboxylic acids is 1. The SMILES string of the molecule is CC(O)C(O)(O)OC(=O)CCCCC(=O)O. The molecule has 0 saturated carbocycles. The molecule has 1 atom stereocenters. The Bertz CT molecular complexity index is 246. The van der Waals surface area contributed by atoms with E-state index in [9.17, 15) is 9.59 Å². The van der Waals surface area contributed by atoms with Crippen molar-refractivity contribution < 1.29 is 34.8 Å². The van der Waals surface area contributed by atoms with Crippen molar-refractivity contribution in [3.63, 3.8) is 0 Å². The Kier molecular flexibility index (Phi) is 5.94. The van der Waals surface area contributed by atoms with E-state index >= 15 is 0 Å². The van der Waals surface area contributed by atoms with Gasteiger partial charge in [0.05, 0.1) is 0 Å². The van der Waals surface area contributed by atoms with Crippen LogP contribution in [0.25, 0.3) is 0 Å². The molecule has 0 aliphatic rings. The Balaban J connectivity index is 3.79. The van der Waals surface area contributed by atoms with E-state index < -0.39 is 24.0 Å². The van der Waals surface area contributed by atoms with Crippen LogP contribution in [0, 0.1) is 0 Å². The number of rotatable bonds is 7. The van der Waals surface area contributed by atoms with Crippen LogP contribution in [0.2, 0.25) is 0 Å². The lowest BCUT2D eigenvalue weighted by Gasteiger charge is -2.23. The van der Waals surface area contributed by atoms with Gasteiger partial charge in [-0.3, -0.25) is 9.59 Å². The van der Waals surface area contributed by atoms with Gasteiger partial charge < -0.3 is 25.2 Å². The summed E-state index contributed by atoms with van der Waals surface area (Å²) in [7, 11) is 0. The quantitative estimate of drug-likeness (QED) is 0.259. The Morgan fingerprint density at radius 2 is 1.75 bits per heavy atom. The number of aliphatic carboxylic acids is 1. The van der Waals surface area contributed by atoms with Gasteiger partial charge in [-0.05, 0) is 19.8 Å². The van der Waals surface area contributed by atoms with E-state index in [1.165, 1.54) is 0 Å². The zero-order chi connectivity index (χ0) is 12.8. The maximum Gasteiger partial charge on any atom is 0.351 e. The second kappa shape index (κ2) is 6.41. The third-order valence-corrected chi connectivity index (χ3v) is 1.83. The van der Waals surface area contributed by atoms with Crippen molar-refractivity contribution >= 4 is 11.9 Å². The van der Waals surface area contributed by atoms with Crippen molar-refractivity contribution in [3.8, 4) is 0 Å². The first-order valence-corrected chi connectivity index (χ1v) is 4.82. The predicted molar refractivity (Wildman–Crippen MR) is 51.0 cm³/mol. The van der Waals surface area contributed by atoms with E-state index in [-0.39, 0.29) is 19.3 Å². The number of aliphatic hydroxyl groups excluding tert-OH is 1. The minimum Gasteiger partial charge on any atom is -0.481 e. The molecule has 94 valence electrons. The summed E-state index contributed by atoms with van der Waals surface area (Å²) in [5, 5.41) is 35.1. The summed E-state index contributed by atoms with van der Waals surface area (Å²) in [6, 6.07) is 0. The normalized spacial score (nSPS) is 13.2. The van der Waals surface area contributed by atoms with Gasteiger partial charge in [0.1, 0.15) is 6.10 Å². The van der Waals surface area contributed by atoms with Crippen LogP contribution < -0.4 is 0 Å². The summed E-state index contributed by atoms with van der Waals surface area (Å²) in [5.41, 5.74) is 0. The maximum atomic E-state index is 11.0. The number of unbranched alkanes of at least 4 members (excludes halogenated alkanes) is 1. The van der Waals surface area contributed by atoms with Gasteiger partial charge in [-0.15, -0.1) is 0 Å². The maximum absolute atomic E-state index is 11.0. The molecule has 0 aromatic rings. The van der Waals surface area contributed by atoms with Gasteiger partial charge in [-0.25, -0.2) is 0 Å². The molecule has 0 radical (unpaired) electrons. The van der Waals surface area contributed by atoms with Crippen molar-refractivity contribution in [1.82, 2.24) is 0 Å². The molecule has 7 nitrogen and oxygen atoms in total. The molecule has 0 heterocycles. The number of ether oxygens (including phenoxy) is 1. The van der Waals surface area contributed by atoms with E-state index in [1.54, 1.807) is 0 Å². The zero-order valence-electron chi connectivity index (χ0n) is 8.92. The van der Waals surface area contributed by atoms with E-state index in [0.717, 1.165) is 6.92 Å². The molecule has 0 aromatic heterocycles. The van der Waals surface area contributed by atoms with Crippen LogP contribution in [-0.4, -0.2) is 44.4 Å². The largest absolute Gasteiger partial charge is 0.481 e. The van der Waals surface area contributed by atoms with Crippen LogP contribution in [0.1, 0.15) is 32.6 Å². The molecule has 4 N–H and O–H groups in total. The standard InChI is InChI=1S/C9H16O7/c1-6(10)9(14,15)16-8(13)5-3-2-4-7(11)12/h6,10,14-15H,2-5H2,1H3,(H,11,12). The highest BCUT2D eigenvalue weighted by Gasteiger charge is 2.34. The van der Waals surface area contributed by atoms with E-state index in [2.05, 4.69) is 4.74 Å². The topological polar surface area (TPSA) is 124 Å². The summed E-state index contributed by atoms with van der Waals surface area (Å²) >= 11 is 0. The third kappa shape index (κ3) is 6.33. The summed E-state index contributed by atoms with van der Waals surface area (Å²) in [4.78, 5) is 21.1. The molecular formula is C9H16O7. The highest BCUT2D eigenvalue weighted by Crippen LogP contribution is 2.11. The monoisotopic (exact) mass is 236 g/mol. The molecule has 0 amide bonds. The molecule has 0 aliphatic heterocycles. The number of hydrogen-bond acceptors (Lipinski definition) is 6. The molecular weight excluding hydrogens is 220 g/mol. The van der Waals surface area contributed by atoms with E-state index in [0.29, 0.717) is 6.42 Å². The van der Waals surface area contributed by atoms with Crippen molar-refractivity contribution in [1.29, 1.82) is 0 Å². The minimum absolute atomic E-state index is 0.0624. The Hall–Kier alpha value is -1.18. The van der Waals surface area contributed by atoms with Gasteiger partial charge in [0.2, 0.25) is 0 Å². The molecule has 16 heavy (non-hydrogen) atoms. The molecule has 0 fully saturated rings. The second-order valence-electron chi connectivity index (χ2n) is 3.41. The Labute approximate surface area is 92.3 Å². The van der Waals surface area contributed by atoms with Gasteiger partial charge in [-0.1, -0.05) is 0 Å². The highest BCUT2D eigenvalue weighted by atomic mass is 16.8. The van der Waals surface area contributed by atoms with Gasteiger partial charge in [-0.2, -0.15) is 0 Å². The predicted octanol–water partition coefficient (Wildman–Crippen LogP) is -0.806. The molecule has 0 aliphatic carbocycles. The lowest BCUT2D eigenvalue weighted by Crippen LogP contribution is -2.44. The van der Waals surface area contributed by atoms with Crippen LogP contribution in [0.3, 0.4) is 0 Å². The Morgan fingerprint density at radius 1 is 1.25 bits per heavy atom. The van der Waals surface area contributed by atoms with Crippen LogP contribution in [-0.2, 0) is 14.3 Å². The summed E-state index contributed by atoms with van der Waals surface area (Å²) in [6.45, 7) is 1.05. The number of carboxylic acid groups (broad SMARTS) is 1. The van der Waals surface area contributed by atoms with Crippen LogP contribution >= 0.6 is 0 Å². The van der Waals surface area contributed by atoms with Gasteiger partial charge in [0, 0.05) is 12.8 Å². The van der Waals surface area contributed by atoms with Gasteiger partial charge in [0.25, 0.3) is 0 Å². The lowest BCUT2D eigenvalue weighted by atomic mass is 10.2. The van der Waals surface area contributed by atoms with Crippen molar-refractivity contribution in [2.75, 3.05) is 0 Å². The van der Waals surface area contributed by atoms with Gasteiger partial charge in [0.15, 0.2) is 0 Å². The van der Waals surface area contributed by atoms with Gasteiger partial charge >= 0.3 is 17.9 Å². The number of carbonyl (C=O) groups is 2. The first-order chi connectivity index (χ1) is 7.25. The van der Waals surface area contributed by atoms with Crippen LogP contribution in [0.4, 0.5) is 0 Å². The smallest absolute Gasteiger partial charge is 0.351 e. The minimum atomic E-state index is -2.90. The highest BCUT2D eigenvalue weighted by molar-refractivity contribution is 5.70. The third-order valence-electron chi connectivity index (χ3n) is 1.83. The second-order valence-corrected chi connectivity index (χ2v) is 3.41. The average Bonchev–Trinajstić information content (AvgIpc) is 2.11. The summed E-state index contributed by atoms with van der Waals surface area (Å²) < 4.78 is 4.18. The number of hydrogen-bond donors (Lipinski definition) is 4. The van der Waals surface area contributed by atoms with Crippen LogP contribution in [0.5, 0.6) is 0 Å². The van der Waals surface area contributed by atoms with E-state index in [1.807, 2.05) is 0 Å². The first-order valence-electron chi connectivity index (χ1n) is 4.82. The fourth-order valence-electron chi connectivity index (χ4n) is 0.849. The molecule has 0 saturated heterocycles. The molecule has 0 bridgehead atoms. The molecule has 1 unspecified atom stereocenters. The number of esters is 1. The average molecular weight is 236 g/mol. The molecule has 0 rings (SSSR count). The fourth-order valence-corrected chi connectivity index (χ4v) is 0.849. The molecule has 7 heteroatoms. The molecule has 0 aromatic carbocycles.